The van der Waals surface area contributed by atoms with E-state index in [1.54, 1.807) is 30.3 Å². The number of carbonyl (C=O) groups excluding carboxylic acids is 1. The van der Waals surface area contributed by atoms with E-state index in [1.807, 2.05) is 36.4 Å². The van der Waals surface area contributed by atoms with Gasteiger partial charge in [0.15, 0.2) is 15.5 Å². The van der Waals surface area contributed by atoms with Crippen molar-refractivity contribution in [3.63, 3.8) is 0 Å². The van der Waals surface area contributed by atoms with Crippen molar-refractivity contribution in [2.75, 3.05) is 18.6 Å². The van der Waals surface area contributed by atoms with Crippen molar-refractivity contribution in [3.8, 4) is 17.0 Å². The average molecular weight is 426 g/mol. The molecule has 1 aromatic carbocycles. The second-order valence-corrected chi connectivity index (χ2v) is 9.41. The Hall–Kier alpha value is -3.20. The number of hydrogen-bond donors (Lipinski definition) is 1. The monoisotopic (exact) mass is 426 g/mol. The van der Waals surface area contributed by atoms with E-state index < -0.39 is 9.84 Å². The van der Waals surface area contributed by atoms with E-state index in [2.05, 4.69) is 15.4 Å². The van der Waals surface area contributed by atoms with Gasteiger partial charge in [0.25, 0.3) is 5.91 Å². The number of hydrogen-bond acceptors (Lipinski definition) is 6. The maximum absolute atomic E-state index is 12.7. The van der Waals surface area contributed by atoms with Crippen molar-refractivity contribution in [1.29, 1.82) is 0 Å². The quantitative estimate of drug-likeness (QED) is 0.648. The highest BCUT2D eigenvalue weighted by Gasteiger charge is 2.32. The lowest BCUT2D eigenvalue weighted by Gasteiger charge is -2.13. The first kappa shape index (κ1) is 20.1. The summed E-state index contributed by atoms with van der Waals surface area (Å²) in [4.78, 5) is 16.7. The van der Waals surface area contributed by atoms with Crippen molar-refractivity contribution in [2.45, 2.75) is 19.0 Å². The Morgan fingerprint density at radius 3 is 2.57 bits per heavy atom. The molecule has 1 aliphatic heterocycles. The van der Waals surface area contributed by atoms with Crippen LogP contribution in [0.1, 0.15) is 28.5 Å². The van der Waals surface area contributed by atoms with Gasteiger partial charge in [0, 0.05) is 24.5 Å². The highest BCUT2D eigenvalue weighted by molar-refractivity contribution is 7.91. The third kappa shape index (κ3) is 4.35. The number of nitrogens with one attached hydrogen (secondary N) is 1. The number of sulfone groups is 1. The number of benzene rings is 1. The second kappa shape index (κ2) is 8.27. The zero-order valence-electron chi connectivity index (χ0n) is 16.5. The number of rotatable bonds is 6. The predicted octanol–water partition coefficient (Wildman–Crippen LogP) is 2.24. The van der Waals surface area contributed by atoms with Gasteiger partial charge in [-0.05, 0) is 54.4 Å². The minimum atomic E-state index is -3.10. The first-order valence-corrected chi connectivity index (χ1v) is 11.4. The molecule has 0 saturated carbocycles. The number of pyridine rings is 1. The van der Waals surface area contributed by atoms with Gasteiger partial charge in [-0.15, -0.1) is 0 Å². The fraction of sp³-hybridized carbons (Fsp3) is 0.286. The number of nitrogens with zero attached hydrogens (tertiary/aromatic N) is 3. The lowest BCUT2D eigenvalue weighted by Crippen LogP contribution is -2.24. The van der Waals surface area contributed by atoms with Crippen molar-refractivity contribution in [3.05, 3.63) is 66.1 Å². The summed E-state index contributed by atoms with van der Waals surface area (Å²) in [5.74, 6) is 0.545. The van der Waals surface area contributed by atoms with E-state index in [1.165, 1.54) is 0 Å². The lowest BCUT2D eigenvalue weighted by atomic mass is 10.1. The number of ether oxygens (including phenoxy) is 1. The van der Waals surface area contributed by atoms with Gasteiger partial charge in [-0.3, -0.25) is 14.5 Å². The van der Waals surface area contributed by atoms with Crippen LogP contribution in [-0.4, -0.2) is 47.7 Å². The van der Waals surface area contributed by atoms with Crippen molar-refractivity contribution >= 4 is 15.7 Å². The van der Waals surface area contributed by atoms with Gasteiger partial charge in [-0.2, -0.15) is 5.10 Å². The molecule has 0 spiro atoms. The summed E-state index contributed by atoms with van der Waals surface area (Å²) in [5, 5.41) is 7.34. The van der Waals surface area contributed by atoms with Crippen LogP contribution < -0.4 is 10.1 Å². The van der Waals surface area contributed by atoms with E-state index in [4.69, 9.17) is 4.74 Å². The Balaban J connectivity index is 1.63. The molecule has 30 heavy (non-hydrogen) atoms. The molecular weight excluding hydrogens is 404 g/mol. The topological polar surface area (TPSA) is 103 Å². The van der Waals surface area contributed by atoms with Crippen LogP contribution >= 0.6 is 0 Å². The molecule has 156 valence electrons. The summed E-state index contributed by atoms with van der Waals surface area (Å²) in [5.41, 5.74) is 2.71. The molecule has 1 N–H and O–H groups in total. The molecule has 1 amide bonds. The minimum absolute atomic E-state index is 0.0237. The second-order valence-electron chi connectivity index (χ2n) is 7.18. The van der Waals surface area contributed by atoms with Crippen LogP contribution in [0.25, 0.3) is 11.3 Å². The summed E-state index contributed by atoms with van der Waals surface area (Å²) in [6.07, 6.45) is 3.81. The minimum Gasteiger partial charge on any atom is -0.497 e. The molecule has 2 aromatic heterocycles. The molecule has 0 radical (unpaired) electrons. The number of carbonyl (C=O) groups is 1. The van der Waals surface area contributed by atoms with Crippen LogP contribution in [0.2, 0.25) is 0 Å². The Morgan fingerprint density at radius 2 is 1.93 bits per heavy atom. The number of amides is 1. The summed E-state index contributed by atoms with van der Waals surface area (Å²) < 4.78 is 30.9. The summed E-state index contributed by atoms with van der Waals surface area (Å²) in [6, 6.07) is 12.4. The first-order valence-electron chi connectivity index (χ1n) is 9.57. The molecule has 3 heterocycles. The number of methoxy groups -OCH3 is 1. The van der Waals surface area contributed by atoms with Crippen LogP contribution in [0.3, 0.4) is 0 Å². The van der Waals surface area contributed by atoms with Crippen molar-refractivity contribution in [1.82, 2.24) is 20.1 Å². The Kier molecular flexibility index (Phi) is 5.54. The predicted molar refractivity (Wildman–Crippen MR) is 112 cm³/mol. The van der Waals surface area contributed by atoms with Crippen molar-refractivity contribution < 1.29 is 17.9 Å². The smallest absolute Gasteiger partial charge is 0.272 e. The van der Waals surface area contributed by atoms with Crippen LogP contribution in [0, 0.1) is 0 Å². The highest BCUT2D eigenvalue weighted by Crippen LogP contribution is 2.31. The highest BCUT2D eigenvalue weighted by atomic mass is 32.2. The van der Waals surface area contributed by atoms with Crippen LogP contribution in [0.4, 0.5) is 0 Å². The van der Waals surface area contributed by atoms with Gasteiger partial charge in [0.2, 0.25) is 0 Å². The molecule has 8 nitrogen and oxygen atoms in total. The molecule has 1 aliphatic rings. The fourth-order valence-corrected chi connectivity index (χ4v) is 5.19. The summed E-state index contributed by atoms with van der Waals surface area (Å²) in [7, 11) is -1.51. The molecule has 1 atom stereocenters. The SMILES string of the molecule is COc1ccc(-c2cc(C(=O)NCc3ccncc3)nn2[C@H]2CCS(=O)(=O)C2)cc1. The molecule has 3 aromatic rings. The molecule has 1 saturated heterocycles. The van der Waals surface area contributed by atoms with E-state index in [9.17, 15) is 13.2 Å². The lowest BCUT2D eigenvalue weighted by molar-refractivity contribution is 0.0945. The van der Waals surface area contributed by atoms with E-state index in [-0.39, 0.29) is 29.1 Å². The normalized spacial score (nSPS) is 17.6. The largest absolute Gasteiger partial charge is 0.497 e. The van der Waals surface area contributed by atoms with Gasteiger partial charge in [-0.1, -0.05) is 0 Å². The standard InChI is InChI=1S/C21H22N4O4S/c1-29-18-4-2-16(3-5-18)20-12-19(21(26)23-13-15-6-9-22-10-7-15)24-25(20)17-8-11-30(27,28)14-17/h2-7,9-10,12,17H,8,11,13-14H2,1H3,(H,23,26)/t17-/m0/s1. The van der Waals surface area contributed by atoms with E-state index in [0.717, 1.165) is 11.1 Å². The zero-order valence-corrected chi connectivity index (χ0v) is 17.3. The molecule has 4 rings (SSSR count). The Bertz CT molecular complexity index is 1140. The Morgan fingerprint density at radius 1 is 1.20 bits per heavy atom. The summed E-state index contributed by atoms with van der Waals surface area (Å²) >= 11 is 0. The third-order valence-electron chi connectivity index (χ3n) is 5.11. The van der Waals surface area contributed by atoms with Gasteiger partial charge in [-0.25, -0.2) is 8.42 Å². The van der Waals surface area contributed by atoms with Gasteiger partial charge in [0.1, 0.15) is 5.75 Å². The molecule has 9 heteroatoms. The Labute approximate surface area is 174 Å². The third-order valence-corrected chi connectivity index (χ3v) is 6.86. The number of aromatic nitrogens is 3. The van der Waals surface area contributed by atoms with Crippen molar-refractivity contribution in [2.24, 2.45) is 0 Å². The van der Waals surface area contributed by atoms with Gasteiger partial charge in [0.05, 0.1) is 30.4 Å². The first-order chi connectivity index (χ1) is 14.4. The van der Waals surface area contributed by atoms with Gasteiger partial charge < -0.3 is 10.1 Å². The van der Waals surface area contributed by atoms with Crippen LogP contribution in [0.5, 0.6) is 5.75 Å². The van der Waals surface area contributed by atoms with E-state index in [0.29, 0.717) is 24.4 Å². The van der Waals surface area contributed by atoms with Crippen LogP contribution in [-0.2, 0) is 16.4 Å². The maximum atomic E-state index is 12.7. The zero-order chi connectivity index (χ0) is 21.1. The summed E-state index contributed by atoms with van der Waals surface area (Å²) in [6.45, 7) is 0.351. The molecule has 0 bridgehead atoms. The molecule has 1 fully saturated rings. The maximum Gasteiger partial charge on any atom is 0.272 e. The molecule has 0 aliphatic carbocycles. The van der Waals surface area contributed by atoms with Crippen LogP contribution in [0.15, 0.2) is 54.9 Å². The average Bonchev–Trinajstić information content (AvgIpc) is 3.36. The molecule has 0 unspecified atom stereocenters. The molecular formula is C21H22N4O4S. The fourth-order valence-electron chi connectivity index (χ4n) is 3.50. The van der Waals surface area contributed by atoms with Gasteiger partial charge >= 0.3 is 0 Å². The van der Waals surface area contributed by atoms with E-state index >= 15 is 0 Å².